The lowest BCUT2D eigenvalue weighted by atomic mass is 9.69. The van der Waals surface area contributed by atoms with Crippen LogP contribution in [-0.2, 0) is 18.4 Å². The van der Waals surface area contributed by atoms with E-state index < -0.39 is 0 Å². The van der Waals surface area contributed by atoms with E-state index >= 15 is 0 Å². The maximum atomic E-state index is 14.1. The molecule has 2 aromatic carbocycles. The standard InChI is InChI=1S/C28H34N2OS/c1-4-6-7-13-18-32-27-29-25-23-17-12-11-16-22(23)19-28(3,5-2)24(25)26(31)30(27)20-21-14-9-8-10-15-21/h8-12,14-17H,4-7,13,18-20H2,1-3H3. The van der Waals surface area contributed by atoms with Crippen molar-refractivity contribution in [3.8, 4) is 11.3 Å². The number of benzene rings is 2. The van der Waals surface area contributed by atoms with Gasteiger partial charge in [-0.3, -0.25) is 9.36 Å². The van der Waals surface area contributed by atoms with Crippen LogP contribution in [0.1, 0.15) is 69.6 Å². The van der Waals surface area contributed by atoms with Crippen LogP contribution >= 0.6 is 11.8 Å². The molecule has 0 radical (unpaired) electrons. The molecule has 3 nitrogen and oxygen atoms in total. The third-order valence-corrected chi connectivity index (χ3v) is 7.85. The smallest absolute Gasteiger partial charge is 0.258 e. The molecule has 0 spiro atoms. The summed E-state index contributed by atoms with van der Waals surface area (Å²) in [6.45, 7) is 7.22. The zero-order valence-corrected chi connectivity index (χ0v) is 20.4. The number of unbranched alkanes of at least 4 members (excludes halogenated alkanes) is 3. The van der Waals surface area contributed by atoms with Gasteiger partial charge >= 0.3 is 0 Å². The van der Waals surface area contributed by atoms with Gasteiger partial charge in [0.25, 0.3) is 5.56 Å². The zero-order valence-electron chi connectivity index (χ0n) is 19.6. The average Bonchev–Trinajstić information content (AvgIpc) is 2.81. The van der Waals surface area contributed by atoms with E-state index in [2.05, 4.69) is 57.2 Å². The van der Waals surface area contributed by atoms with Crippen molar-refractivity contribution >= 4 is 11.8 Å². The summed E-state index contributed by atoms with van der Waals surface area (Å²) in [6, 6.07) is 18.8. The fourth-order valence-corrected chi connectivity index (χ4v) is 5.69. The summed E-state index contributed by atoms with van der Waals surface area (Å²) in [7, 11) is 0. The minimum atomic E-state index is -0.198. The molecule has 0 N–H and O–H groups in total. The van der Waals surface area contributed by atoms with Crippen LogP contribution < -0.4 is 5.56 Å². The van der Waals surface area contributed by atoms with Gasteiger partial charge in [0.05, 0.1) is 17.8 Å². The van der Waals surface area contributed by atoms with Gasteiger partial charge in [-0.2, -0.15) is 0 Å². The molecule has 1 aliphatic rings. The molecule has 0 fully saturated rings. The number of fused-ring (bicyclic) bond motifs is 3. The first-order chi connectivity index (χ1) is 15.6. The molecule has 0 aliphatic heterocycles. The summed E-state index contributed by atoms with van der Waals surface area (Å²) < 4.78 is 1.93. The minimum Gasteiger partial charge on any atom is -0.283 e. The Bertz CT molecular complexity index is 1120. The monoisotopic (exact) mass is 446 g/mol. The van der Waals surface area contributed by atoms with Crippen LogP contribution in [0.4, 0.5) is 0 Å². The largest absolute Gasteiger partial charge is 0.283 e. The van der Waals surface area contributed by atoms with Gasteiger partial charge in [0.2, 0.25) is 0 Å². The predicted octanol–water partition coefficient (Wildman–Crippen LogP) is 6.85. The quantitative estimate of drug-likeness (QED) is 0.205. The van der Waals surface area contributed by atoms with E-state index in [1.807, 2.05) is 22.8 Å². The summed E-state index contributed by atoms with van der Waals surface area (Å²) in [5, 5.41) is 0.851. The molecule has 4 heteroatoms. The molecular formula is C28H34N2OS. The third kappa shape index (κ3) is 4.56. The number of nitrogens with zero attached hydrogens (tertiary/aromatic N) is 2. The van der Waals surface area contributed by atoms with Gasteiger partial charge in [-0.1, -0.05) is 106 Å². The number of hydrogen-bond donors (Lipinski definition) is 0. The third-order valence-electron chi connectivity index (χ3n) is 6.78. The molecule has 1 unspecified atom stereocenters. The minimum absolute atomic E-state index is 0.133. The van der Waals surface area contributed by atoms with Crippen molar-refractivity contribution in [2.75, 3.05) is 5.75 Å². The van der Waals surface area contributed by atoms with Crippen molar-refractivity contribution < 1.29 is 0 Å². The summed E-state index contributed by atoms with van der Waals surface area (Å²) in [5.41, 5.74) is 5.30. The zero-order chi connectivity index (χ0) is 22.6. The van der Waals surface area contributed by atoms with E-state index in [0.717, 1.165) is 52.6 Å². The molecule has 1 heterocycles. The van der Waals surface area contributed by atoms with E-state index in [0.29, 0.717) is 6.54 Å². The van der Waals surface area contributed by atoms with Crippen LogP contribution in [0, 0.1) is 0 Å². The van der Waals surface area contributed by atoms with Gasteiger partial charge in [0.15, 0.2) is 5.16 Å². The average molecular weight is 447 g/mol. The molecule has 0 bridgehead atoms. The van der Waals surface area contributed by atoms with Crippen LogP contribution in [0.5, 0.6) is 0 Å². The number of hydrogen-bond acceptors (Lipinski definition) is 3. The Morgan fingerprint density at radius 3 is 2.50 bits per heavy atom. The molecule has 1 aliphatic carbocycles. The Morgan fingerprint density at radius 2 is 1.75 bits per heavy atom. The predicted molar refractivity (Wildman–Crippen MR) is 136 cm³/mol. The van der Waals surface area contributed by atoms with Gasteiger partial charge in [0, 0.05) is 16.7 Å². The fraction of sp³-hybridized carbons (Fsp3) is 0.429. The molecule has 3 aromatic rings. The Morgan fingerprint density at radius 1 is 1.00 bits per heavy atom. The van der Waals surface area contributed by atoms with Crippen LogP contribution in [0.25, 0.3) is 11.3 Å². The SMILES string of the molecule is CCCCCCSc1nc2c(c(=O)n1Cc1ccccc1)C(C)(CC)Cc1ccccc1-2. The van der Waals surface area contributed by atoms with Gasteiger partial charge < -0.3 is 0 Å². The summed E-state index contributed by atoms with van der Waals surface area (Å²) >= 11 is 1.74. The van der Waals surface area contributed by atoms with E-state index in [1.165, 1.54) is 24.8 Å². The van der Waals surface area contributed by atoms with Crippen molar-refractivity contribution in [2.45, 2.75) is 76.4 Å². The van der Waals surface area contributed by atoms with Crippen molar-refractivity contribution in [2.24, 2.45) is 0 Å². The molecule has 0 saturated carbocycles. The van der Waals surface area contributed by atoms with Gasteiger partial charge in [-0.05, 0) is 30.4 Å². The lowest BCUT2D eigenvalue weighted by Crippen LogP contribution is -2.40. The number of thioether (sulfide) groups is 1. The lowest BCUT2D eigenvalue weighted by molar-refractivity contribution is 0.430. The highest BCUT2D eigenvalue weighted by molar-refractivity contribution is 7.99. The van der Waals surface area contributed by atoms with Crippen LogP contribution in [-0.4, -0.2) is 15.3 Å². The maximum absolute atomic E-state index is 14.1. The van der Waals surface area contributed by atoms with Crippen molar-refractivity contribution in [1.29, 1.82) is 0 Å². The van der Waals surface area contributed by atoms with Crippen LogP contribution in [0.3, 0.4) is 0 Å². The number of aromatic nitrogens is 2. The molecule has 4 rings (SSSR count). The first-order valence-corrected chi connectivity index (χ1v) is 13.0. The van der Waals surface area contributed by atoms with Crippen LogP contribution in [0.15, 0.2) is 64.5 Å². The molecule has 0 saturated heterocycles. The highest BCUT2D eigenvalue weighted by Crippen LogP contribution is 2.43. The number of rotatable bonds is 9. The van der Waals surface area contributed by atoms with Crippen molar-refractivity contribution in [1.82, 2.24) is 9.55 Å². The lowest BCUT2D eigenvalue weighted by Gasteiger charge is -2.36. The van der Waals surface area contributed by atoms with Gasteiger partial charge in [0.1, 0.15) is 0 Å². The Kier molecular flexibility index (Phi) is 7.20. The second kappa shape index (κ2) is 10.1. The summed E-state index contributed by atoms with van der Waals surface area (Å²) in [6.07, 6.45) is 6.68. The highest BCUT2D eigenvalue weighted by atomic mass is 32.2. The molecule has 32 heavy (non-hydrogen) atoms. The summed E-state index contributed by atoms with van der Waals surface area (Å²) in [5.74, 6) is 0.993. The normalized spacial score (nSPS) is 17.1. The second-order valence-corrected chi connectivity index (χ2v) is 10.2. The molecule has 168 valence electrons. The molecule has 1 atom stereocenters. The molecule has 0 amide bonds. The second-order valence-electron chi connectivity index (χ2n) is 9.15. The van der Waals surface area contributed by atoms with E-state index in [9.17, 15) is 4.79 Å². The first-order valence-electron chi connectivity index (χ1n) is 12.0. The van der Waals surface area contributed by atoms with Crippen molar-refractivity contribution in [3.05, 3.63) is 81.6 Å². The van der Waals surface area contributed by atoms with Crippen molar-refractivity contribution in [3.63, 3.8) is 0 Å². The molecular weight excluding hydrogens is 412 g/mol. The van der Waals surface area contributed by atoms with Gasteiger partial charge in [-0.25, -0.2) is 4.98 Å². The fourth-order valence-electron chi connectivity index (χ4n) is 4.70. The van der Waals surface area contributed by atoms with E-state index in [4.69, 9.17) is 4.98 Å². The first kappa shape index (κ1) is 22.8. The Labute approximate surface area is 196 Å². The molecule has 1 aromatic heterocycles. The van der Waals surface area contributed by atoms with Crippen LogP contribution in [0.2, 0.25) is 0 Å². The Balaban J connectivity index is 1.83. The van der Waals surface area contributed by atoms with E-state index in [-0.39, 0.29) is 11.0 Å². The van der Waals surface area contributed by atoms with E-state index in [1.54, 1.807) is 11.8 Å². The topological polar surface area (TPSA) is 34.9 Å². The maximum Gasteiger partial charge on any atom is 0.258 e. The Hall–Kier alpha value is -2.33. The summed E-state index contributed by atoms with van der Waals surface area (Å²) in [4.78, 5) is 19.3. The van der Waals surface area contributed by atoms with Gasteiger partial charge in [-0.15, -0.1) is 0 Å². The highest BCUT2D eigenvalue weighted by Gasteiger charge is 2.38.